The first-order valence-corrected chi connectivity index (χ1v) is 12.8. The molecule has 0 N–H and O–H groups in total. The molecule has 38 heavy (non-hydrogen) atoms. The zero-order valence-corrected chi connectivity index (χ0v) is 21.3. The highest BCUT2D eigenvalue weighted by molar-refractivity contribution is 5.84. The van der Waals surface area contributed by atoms with Crippen molar-refractivity contribution >= 4 is 16.7 Å². The lowest BCUT2D eigenvalue weighted by Gasteiger charge is -2.09. The first-order valence-electron chi connectivity index (χ1n) is 12.8. The molecule has 192 valence electrons. The standard InChI is InChI=1S/C32H29FN2O3/c1-2-37-31(36)17-15-27-21-35(34-32(27)24-8-4-3-5-9-24)20-23-12-13-26-19-29(16-14-25(26)18-23)38-22-28-10-6-7-11-30(28)33/h3-14,16,18-19,21H,2,15,17,20,22H2,1H3. The molecular weight excluding hydrogens is 479 g/mol. The Hall–Kier alpha value is -4.45. The van der Waals surface area contributed by atoms with Crippen LogP contribution >= 0.6 is 0 Å². The molecule has 0 spiro atoms. The van der Waals surface area contributed by atoms with Crippen molar-refractivity contribution in [3.05, 3.63) is 120 Å². The zero-order chi connectivity index (χ0) is 26.3. The van der Waals surface area contributed by atoms with Crippen LogP contribution in [0.4, 0.5) is 4.39 Å². The number of rotatable bonds is 10. The average Bonchev–Trinajstić information content (AvgIpc) is 3.34. The quantitative estimate of drug-likeness (QED) is 0.191. The number of aromatic nitrogens is 2. The molecule has 1 heterocycles. The molecule has 0 fully saturated rings. The number of hydrogen-bond donors (Lipinski definition) is 0. The lowest BCUT2D eigenvalue weighted by atomic mass is 10.0. The molecule has 0 aliphatic rings. The summed E-state index contributed by atoms with van der Waals surface area (Å²) < 4.78 is 26.8. The van der Waals surface area contributed by atoms with Crippen LogP contribution in [0.2, 0.25) is 0 Å². The zero-order valence-electron chi connectivity index (χ0n) is 21.3. The lowest BCUT2D eigenvalue weighted by Crippen LogP contribution is -2.05. The van der Waals surface area contributed by atoms with Gasteiger partial charge in [0.05, 0.1) is 18.8 Å². The van der Waals surface area contributed by atoms with Crippen molar-refractivity contribution in [2.45, 2.75) is 32.9 Å². The van der Waals surface area contributed by atoms with E-state index in [1.54, 1.807) is 18.2 Å². The Labute approximate surface area is 221 Å². The van der Waals surface area contributed by atoms with E-state index in [1.807, 2.05) is 66.3 Å². The summed E-state index contributed by atoms with van der Waals surface area (Å²) in [6.45, 7) is 2.97. The van der Waals surface area contributed by atoms with Gasteiger partial charge in [0.2, 0.25) is 0 Å². The van der Waals surface area contributed by atoms with Crippen LogP contribution in [0.1, 0.15) is 30.0 Å². The fraction of sp³-hybridized carbons (Fsp3) is 0.188. The smallest absolute Gasteiger partial charge is 0.306 e. The maximum atomic E-state index is 13.9. The highest BCUT2D eigenvalue weighted by Crippen LogP contribution is 2.26. The Morgan fingerprint density at radius 3 is 2.47 bits per heavy atom. The van der Waals surface area contributed by atoms with E-state index in [1.165, 1.54) is 6.07 Å². The van der Waals surface area contributed by atoms with E-state index in [0.29, 0.717) is 37.3 Å². The summed E-state index contributed by atoms with van der Waals surface area (Å²) in [4.78, 5) is 12.0. The predicted molar refractivity (Wildman–Crippen MR) is 146 cm³/mol. The number of esters is 1. The monoisotopic (exact) mass is 508 g/mol. The second-order valence-electron chi connectivity index (χ2n) is 9.09. The van der Waals surface area contributed by atoms with Gasteiger partial charge in [-0.25, -0.2) is 4.39 Å². The minimum absolute atomic E-state index is 0.178. The third kappa shape index (κ3) is 6.09. The molecule has 0 radical (unpaired) electrons. The van der Waals surface area contributed by atoms with E-state index in [4.69, 9.17) is 14.6 Å². The Morgan fingerprint density at radius 2 is 1.66 bits per heavy atom. The average molecular weight is 509 g/mol. The number of nitrogens with zero attached hydrogens (tertiary/aromatic N) is 2. The molecule has 5 rings (SSSR count). The van der Waals surface area contributed by atoms with E-state index in [9.17, 15) is 9.18 Å². The van der Waals surface area contributed by atoms with E-state index in [-0.39, 0.29) is 18.4 Å². The molecular formula is C32H29FN2O3. The second kappa shape index (κ2) is 11.7. The minimum atomic E-state index is -0.268. The van der Waals surface area contributed by atoms with Gasteiger partial charge in [0.15, 0.2) is 0 Å². The first-order chi connectivity index (χ1) is 18.6. The van der Waals surface area contributed by atoms with Gasteiger partial charge in [0.1, 0.15) is 18.2 Å². The van der Waals surface area contributed by atoms with Crippen molar-refractivity contribution in [1.82, 2.24) is 9.78 Å². The predicted octanol–water partition coefficient (Wildman–Crippen LogP) is 6.97. The number of carbonyl (C=O) groups is 1. The van der Waals surface area contributed by atoms with E-state index < -0.39 is 0 Å². The number of carbonyl (C=O) groups excluding carboxylic acids is 1. The molecule has 0 unspecified atom stereocenters. The molecule has 0 aliphatic carbocycles. The van der Waals surface area contributed by atoms with Crippen LogP contribution in [0.3, 0.4) is 0 Å². The Bertz CT molecular complexity index is 1550. The van der Waals surface area contributed by atoms with Crippen LogP contribution < -0.4 is 4.74 Å². The minimum Gasteiger partial charge on any atom is -0.489 e. The lowest BCUT2D eigenvalue weighted by molar-refractivity contribution is -0.143. The van der Waals surface area contributed by atoms with E-state index in [0.717, 1.165) is 33.2 Å². The summed E-state index contributed by atoms with van der Waals surface area (Å²) in [7, 11) is 0. The molecule has 5 nitrogen and oxygen atoms in total. The van der Waals surface area contributed by atoms with Gasteiger partial charge in [0.25, 0.3) is 0 Å². The van der Waals surface area contributed by atoms with Gasteiger partial charge >= 0.3 is 5.97 Å². The van der Waals surface area contributed by atoms with Gasteiger partial charge in [-0.15, -0.1) is 0 Å². The van der Waals surface area contributed by atoms with E-state index >= 15 is 0 Å². The maximum absolute atomic E-state index is 13.9. The van der Waals surface area contributed by atoms with Gasteiger partial charge in [-0.3, -0.25) is 9.48 Å². The van der Waals surface area contributed by atoms with Crippen molar-refractivity contribution in [1.29, 1.82) is 0 Å². The molecule has 4 aromatic carbocycles. The van der Waals surface area contributed by atoms with Gasteiger partial charge in [-0.1, -0.05) is 66.7 Å². The molecule has 0 aliphatic heterocycles. The molecule has 0 saturated carbocycles. The van der Waals surface area contributed by atoms with Crippen LogP contribution in [0.15, 0.2) is 97.2 Å². The van der Waals surface area contributed by atoms with Crippen LogP contribution in [0.25, 0.3) is 22.0 Å². The number of aryl methyl sites for hydroxylation is 1. The molecule has 0 saturated heterocycles. The fourth-order valence-corrected chi connectivity index (χ4v) is 4.46. The van der Waals surface area contributed by atoms with Crippen molar-refractivity contribution in [3.63, 3.8) is 0 Å². The number of ether oxygens (including phenoxy) is 2. The Kier molecular flexibility index (Phi) is 7.78. The van der Waals surface area contributed by atoms with E-state index in [2.05, 4.69) is 18.2 Å². The number of fused-ring (bicyclic) bond motifs is 1. The van der Waals surface area contributed by atoms with Crippen molar-refractivity contribution in [3.8, 4) is 17.0 Å². The van der Waals surface area contributed by atoms with Crippen molar-refractivity contribution in [2.24, 2.45) is 0 Å². The second-order valence-corrected chi connectivity index (χ2v) is 9.09. The normalized spacial score (nSPS) is 11.0. The summed E-state index contributed by atoms with van der Waals surface area (Å²) in [5.41, 5.74) is 4.55. The summed E-state index contributed by atoms with van der Waals surface area (Å²) in [5, 5.41) is 6.99. The molecule has 0 bridgehead atoms. The molecule has 0 amide bonds. The third-order valence-electron chi connectivity index (χ3n) is 6.36. The van der Waals surface area contributed by atoms with Crippen LogP contribution in [-0.4, -0.2) is 22.4 Å². The van der Waals surface area contributed by atoms with Crippen molar-refractivity contribution in [2.75, 3.05) is 6.61 Å². The third-order valence-corrected chi connectivity index (χ3v) is 6.36. The largest absolute Gasteiger partial charge is 0.489 e. The summed E-state index contributed by atoms with van der Waals surface area (Å²) in [5.74, 6) is 0.224. The van der Waals surface area contributed by atoms with Crippen LogP contribution in [0, 0.1) is 5.82 Å². The molecule has 5 aromatic rings. The molecule has 6 heteroatoms. The highest BCUT2D eigenvalue weighted by atomic mass is 19.1. The van der Waals surface area contributed by atoms with Gasteiger partial charge in [-0.2, -0.15) is 5.10 Å². The summed E-state index contributed by atoms with van der Waals surface area (Å²) in [6.07, 6.45) is 2.90. The maximum Gasteiger partial charge on any atom is 0.306 e. The van der Waals surface area contributed by atoms with Crippen LogP contribution in [0.5, 0.6) is 5.75 Å². The van der Waals surface area contributed by atoms with Crippen molar-refractivity contribution < 1.29 is 18.7 Å². The van der Waals surface area contributed by atoms with Gasteiger partial charge in [0, 0.05) is 23.7 Å². The number of halogens is 1. The Morgan fingerprint density at radius 1 is 0.895 bits per heavy atom. The first kappa shape index (κ1) is 25.2. The van der Waals surface area contributed by atoms with Gasteiger partial charge < -0.3 is 9.47 Å². The summed E-state index contributed by atoms with van der Waals surface area (Å²) >= 11 is 0. The van der Waals surface area contributed by atoms with Gasteiger partial charge in [-0.05, 0) is 59.5 Å². The number of benzene rings is 4. The topological polar surface area (TPSA) is 53.4 Å². The Balaban J connectivity index is 1.32. The SMILES string of the molecule is CCOC(=O)CCc1cn(Cc2ccc3cc(OCc4ccccc4F)ccc3c2)nc1-c1ccccc1. The number of hydrogen-bond acceptors (Lipinski definition) is 4. The molecule has 1 aromatic heterocycles. The highest BCUT2D eigenvalue weighted by Gasteiger charge is 2.14. The molecule has 0 atom stereocenters. The fourth-order valence-electron chi connectivity index (χ4n) is 4.46. The summed E-state index contributed by atoms with van der Waals surface area (Å²) in [6, 6.07) is 28.8. The van der Waals surface area contributed by atoms with Crippen LogP contribution in [-0.2, 0) is 29.1 Å².